The smallest absolute Gasteiger partial charge is 0.222 e. The van der Waals surface area contributed by atoms with Gasteiger partial charge in [0.2, 0.25) is 5.88 Å². The van der Waals surface area contributed by atoms with Gasteiger partial charge >= 0.3 is 0 Å². The minimum atomic E-state index is 0.154. The largest absolute Gasteiger partial charge is 0.493 e. The third-order valence-corrected chi connectivity index (χ3v) is 2.96. The number of hydrogen-bond donors (Lipinski definition) is 1. The summed E-state index contributed by atoms with van der Waals surface area (Å²) in [6, 6.07) is 0. The summed E-state index contributed by atoms with van der Waals surface area (Å²) in [5.74, 6) is 0.154. The standard InChI is InChI=1S/C9H11NOS/c11-8-6-12-9(10-8)7-4-2-1-3-5-7/h4,6,11H,1-3,5H2. The van der Waals surface area contributed by atoms with Crippen LogP contribution in [0.4, 0.5) is 0 Å². The van der Waals surface area contributed by atoms with Crippen LogP contribution in [0.25, 0.3) is 5.57 Å². The first kappa shape index (κ1) is 7.80. The molecule has 0 bridgehead atoms. The Morgan fingerprint density at radius 3 is 2.92 bits per heavy atom. The van der Waals surface area contributed by atoms with E-state index in [9.17, 15) is 0 Å². The Morgan fingerprint density at radius 2 is 2.33 bits per heavy atom. The number of hydrogen-bond acceptors (Lipinski definition) is 3. The maximum absolute atomic E-state index is 9.06. The van der Waals surface area contributed by atoms with Crippen molar-refractivity contribution in [3.8, 4) is 5.88 Å². The number of allylic oxidation sites excluding steroid dienone is 2. The fourth-order valence-electron chi connectivity index (χ4n) is 1.45. The van der Waals surface area contributed by atoms with Crippen LogP contribution >= 0.6 is 11.3 Å². The van der Waals surface area contributed by atoms with Gasteiger partial charge in [0.05, 0.1) is 5.38 Å². The van der Waals surface area contributed by atoms with Gasteiger partial charge in [0.15, 0.2) is 0 Å². The van der Waals surface area contributed by atoms with Crippen molar-refractivity contribution < 1.29 is 5.11 Å². The van der Waals surface area contributed by atoms with Crippen molar-refractivity contribution in [2.75, 3.05) is 0 Å². The summed E-state index contributed by atoms with van der Waals surface area (Å²) in [4.78, 5) is 4.04. The molecule has 1 heterocycles. The SMILES string of the molecule is Oc1csc(C2=CCCCC2)n1. The summed E-state index contributed by atoms with van der Waals surface area (Å²) in [5.41, 5.74) is 1.31. The molecule has 0 unspecified atom stereocenters. The number of aromatic hydroxyl groups is 1. The zero-order valence-corrected chi connectivity index (χ0v) is 7.60. The Balaban J connectivity index is 2.23. The molecule has 0 aliphatic heterocycles. The second kappa shape index (κ2) is 3.27. The summed E-state index contributed by atoms with van der Waals surface area (Å²) in [7, 11) is 0. The van der Waals surface area contributed by atoms with E-state index < -0.39 is 0 Å². The molecular weight excluding hydrogens is 170 g/mol. The van der Waals surface area contributed by atoms with Gasteiger partial charge < -0.3 is 5.11 Å². The second-order valence-corrected chi connectivity index (χ2v) is 3.84. The van der Waals surface area contributed by atoms with Gasteiger partial charge in [-0.25, -0.2) is 4.98 Å². The molecule has 2 nitrogen and oxygen atoms in total. The molecule has 12 heavy (non-hydrogen) atoms. The quantitative estimate of drug-likeness (QED) is 0.722. The van der Waals surface area contributed by atoms with Gasteiger partial charge in [0, 0.05) is 0 Å². The molecule has 0 saturated heterocycles. The molecular formula is C9H11NOS. The Kier molecular flexibility index (Phi) is 2.13. The van der Waals surface area contributed by atoms with E-state index in [0.717, 1.165) is 17.8 Å². The third kappa shape index (κ3) is 1.50. The molecule has 3 heteroatoms. The highest BCUT2D eigenvalue weighted by Gasteiger charge is 2.09. The monoisotopic (exact) mass is 181 g/mol. The lowest BCUT2D eigenvalue weighted by Gasteiger charge is -2.08. The normalized spacial score (nSPS) is 17.5. The maximum atomic E-state index is 9.06. The van der Waals surface area contributed by atoms with Crippen molar-refractivity contribution in [3.05, 3.63) is 16.5 Å². The molecule has 0 fully saturated rings. The lowest BCUT2D eigenvalue weighted by Crippen LogP contribution is -1.90. The molecule has 1 aromatic heterocycles. The van der Waals surface area contributed by atoms with E-state index in [0.29, 0.717) is 0 Å². The van der Waals surface area contributed by atoms with Gasteiger partial charge in [-0.15, -0.1) is 11.3 Å². The minimum Gasteiger partial charge on any atom is -0.493 e. The summed E-state index contributed by atoms with van der Waals surface area (Å²) < 4.78 is 0. The molecule has 0 radical (unpaired) electrons. The van der Waals surface area contributed by atoms with E-state index in [2.05, 4.69) is 11.1 Å². The number of nitrogens with zero attached hydrogens (tertiary/aromatic N) is 1. The molecule has 1 aliphatic rings. The van der Waals surface area contributed by atoms with Gasteiger partial charge in [0.25, 0.3) is 0 Å². The average molecular weight is 181 g/mol. The minimum absolute atomic E-state index is 0.154. The van der Waals surface area contributed by atoms with Crippen LogP contribution in [-0.4, -0.2) is 10.1 Å². The van der Waals surface area contributed by atoms with Crippen molar-refractivity contribution in [2.45, 2.75) is 25.7 Å². The average Bonchev–Trinajstić information content (AvgIpc) is 2.54. The lowest BCUT2D eigenvalue weighted by molar-refractivity contribution is 0.457. The summed E-state index contributed by atoms with van der Waals surface area (Å²) in [6.45, 7) is 0. The first-order valence-electron chi connectivity index (χ1n) is 4.20. The molecule has 64 valence electrons. The topological polar surface area (TPSA) is 33.1 Å². The first-order chi connectivity index (χ1) is 5.86. The molecule has 2 rings (SSSR count). The van der Waals surface area contributed by atoms with E-state index >= 15 is 0 Å². The summed E-state index contributed by atoms with van der Waals surface area (Å²) in [5, 5.41) is 11.7. The highest BCUT2D eigenvalue weighted by molar-refractivity contribution is 7.10. The van der Waals surface area contributed by atoms with Crippen LogP contribution in [0.3, 0.4) is 0 Å². The van der Waals surface area contributed by atoms with Crippen molar-refractivity contribution in [1.29, 1.82) is 0 Å². The number of aromatic nitrogens is 1. The second-order valence-electron chi connectivity index (χ2n) is 2.99. The Morgan fingerprint density at radius 1 is 1.42 bits per heavy atom. The van der Waals surface area contributed by atoms with E-state index in [4.69, 9.17) is 5.11 Å². The van der Waals surface area contributed by atoms with Crippen LogP contribution in [0.15, 0.2) is 11.5 Å². The number of thiazole rings is 1. The van der Waals surface area contributed by atoms with Crippen molar-refractivity contribution in [3.63, 3.8) is 0 Å². The molecule has 1 N–H and O–H groups in total. The molecule has 0 saturated carbocycles. The zero-order valence-electron chi connectivity index (χ0n) is 6.79. The van der Waals surface area contributed by atoms with E-state index in [1.54, 1.807) is 5.38 Å². The van der Waals surface area contributed by atoms with Gasteiger partial charge in [0.1, 0.15) is 5.01 Å². The molecule has 0 amide bonds. The van der Waals surface area contributed by atoms with Crippen LogP contribution in [0.1, 0.15) is 30.7 Å². The van der Waals surface area contributed by atoms with Crippen molar-refractivity contribution in [1.82, 2.24) is 4.98 Å². The van der Waals surface area contributed by atoms with Crippen LogP contribution in [0.2, 0.25) is 0 Å². The van der Waals surface area contributed by atoms with Crippen molar-refractivity contribution >= 4 is 16.9 Å². The molecule has 0 spiro atoms. The highest BCUT2D eigenvalue weighted by atomic mass is 32.1. The molecule has 0 aromatic carbocycles. The van der Waals surface area contributed by atoms with Crippen LogP contribution in [0.5, 0.6) is 5.88 Å². The van der Waals surface area contributed by atoms with Gasteiger partial charge in [-0.3, -0.25) is 0 Å². The van der Waals surface area contributed by atoms with Crippen molar-refractivity contribution in [2.24, 2.45) is 0 Å². The van der Waals surface area contributed by atoms with Crippen LogP contribution < -0.4 is 0 Å². The van der Waals surface area contributed by atoms with Gasteiger partial charge in [-0.2, -0.15) is 0 Å². The van der Waals surface area contributed by atoms with Gasteiger partial charge in [-0.1, -0.05) is 6.08 Å². The maximum Gasteiger partial charge on any atom is 0.222 e. The van der Waals surface area contributed by atoms with E-state index in [1.807, 2.05) is 0 Å². The molecule has 0 atom stereocenters. The molecule has 1 aliphatic carbocycles. The predicted octanol–water partition coefficient (Wildman–Crippen LogP) is 2.81. The Hall–Kier alpha value is -0.830. The van der Waals surface area contributed by atoms with Crippen LogP contribution in [0, 0.1) is 0 Å². The van der Waals surface area contributed by atoms with Crippen LogP contribution in [-0.2, 0) is 0 Å². The Labute approximate surface area is 75.6 Å². The fraction of sp³-hybridized carbons (Fsp3) is 0.444. The predicted molar refractivity (Wildman–Crippen MR) is 50.2 cm³/mol. The van der Waals surface area contributed by atoms with Gasteiger partial charge in [-0.05, 0) is 31.3 Å². The first-order valence-corrected chi connectivity index (χ1v) is 5.08. The summed E-state index contributed by atoms with van der Waals surface area (Å²) in [6.07, 6.45) is 7.07. The lowest BCUT2D eigenvalue weighted by atomic mass is 10.0. The molecule has 1 aromatic rings. The number of rotatable bonds is 1. The zero-order chi connectivity index (χ0) is 8.39. The van der Waals surface area contributed by atoms with E-state index in [1.165, 1.54) is 29.8 Å². The fourth-order valence-corrected chi connectivity index (χ4v) is 2.20. The summed E-state index contributed by atoms with van der Waals surface area (Å²) >= 11 is 1.53. The third-order valence-electron chi connectivity index (χ3n) is 2.06. The van der Waals surface area contributed by atoms with E-state index in [-0.39, 0.29) is 5.88 Å². The Bertz CT molecular complexity index is 303. The highest BCUT2D eigenvalue weighted by Crippen LogP contribution is 2.29.